The van der Waals surface area contributed by atoms with Crippen molar-refractivity contribution in [3.05, 3.63) is 0 Å². The summed E-state index contributed by atoms with van der Waals surface area (Å²) in [5.74, 6) is 0. The highest BCUT2D eigenvalue weighted by Gasteiger charge is 2.18. The number of β-amino-alcohol motifs (C(OH)–C–C–N with tert-alkyl or cyclic N) is 1. The van der Waals surface area contributed by atoms with Gasteiger partial charge in [-0.2, -0.15) is 5.26 Å². The molecule has 0 bridgehead atoms. The van der Waals surface area contributed by atoms with Crippen molar-refractivity contribution in [3.63, 3.8) is 0 Å². The summed E-state index contributed by atoms with van der Waals surface area (Å²) in [6, 6.07) is 0. The Balaban J connectivity index is 2.43. The van der Waals surface area contributed by atoms with Gasteiger partial charge >= 0.3 is 0 Å². The quantitative estimate of drug-likeness (QED) is 0.403. The molecule has 5 nitrogen and oxygen atoms in total. The summed E-state index contributed by atoms with van der Waals surface area (Å²) < 4.78 is 0. The summed E-state index contributed by atoms with van der Waals surface area (Å²) in [6.07, 6.45) is 3.75. The predicted octanol–water partition coefficient (Wildman–Crippen LogP) is -0.204. The van der Waals surface area contributed by atoms with Crippen LogP contribution in [-0.4, -0.2) is 65.7 Å². The fourth-order valence-corrected chi connectivity index (χ4v) is 2.17. The van der Waals surface area contributed by atoms with Gasteiger partial charge in [-0.15, -0.1) is 4.99 Å². The SMILES string of the molecule is CSC(=NC#N)N1CCN(CCO)CC1. The first-order valence-electron chi connectivity index (χ1n) is 4.90. The fourth-order valence-electron chi connectivity index (χ4n) is 1.59. The van der Waals surface area contributed by atoms with E-state index in [1.54, 1.807) is 0 Å². The van der Waals surface area contributed by atoms with E-state index in [0.717, 1.165) is 37.9 Å². The molecule has 1 saturated heterocycles. The largest absolute Gasteiger partial charge is 0.395 e. The average molecular weight is 228 g/mol. The molecule has 0 aromatic carbocycles. The fraction of sp³-hybridized carbons (Fsp3) is 0.778. The van der Waals surface area contributed by atoms with Crippen LogP contribution in [0.2, 0.25) is 0 Å². The van der Waals surface area contributed by atoms with Crippen molar-refractivity contribution in [1.82, 2.24) is 9.80 Å². The zero-order chi connectivity index (χ0) is 11.1. The molecule has 1 fully saturated rings. The maximum absolute atomic E-state index is 8.80. The van der Waals surface area contributed by atoms with Gasteiger partial charge in [0, 0.05) is 32.7 Å². The number of hydrogen-bond donors (Lipinski definition) is 1. The topological polar surface area (TPSA) is 62.9 Å². The Hall–Kier alpha value is -0.770. The van der Waals surface area contributed by atoms with Crippen LogP contribution in [0.3, 0.4) is 0 Å². The van der Waals surface area contributed by atoms with Gasteiger partial charge in [0.25, 0.3) is 0 Å². The van der Waals surface area contributed by atoms with Gasteiger partial charge in [-0.05, 0) is 6.26 Å². The summed E-state index contributed by atoms with van der Waals surface area (Å²) in [5, 5.41) is 18.1. The zero-order valence-corrected chi connectivity index (χ0v) is 9.70. The highest BCUT2D eigenvalue weighted by molar-refractivity contribution is 8.13. The number of nitriles is 1. The van der Waals surface area contributed by atoms with Crippen molar-refractivity contribution >= 4 is 16.9 Å². The Labute approximate surface area is 94.4 Å². The van der Waals surface area contributed by atoms with Gasteiger partial charge in [-0.1, -0.05) is 11.8 Å². The van der Waals surface area contributed by atoms with Crippen molar-refractivity contribution in [2.75, 3.05) is 45.6 Å². The van der Waals surface area contributed by atoms with Gasteiger partial charge in [0.05, 0.1) is 6.61 Å². The van der Waals surface area contributed by atoms with Crippen LogP contribution >= 0.6 is 11.8 Å². The molecule has 1 aliphatic heterocycles. The molecule has 1 heterocycles. The lowest BCUT2D eigenvalue weighted by molar-refractivity contribution is 0.148. The van der Waals surface area contributed by atoms with E-state index in [0.29, 0.717) is 0 Å². The highest BCUT2D eigenvalue weighted by atomic mass is 32.2. The van der Waals surface area contributed by atoms with E-state index in [-0.39, 0.29) is 6.61 Å². The third kappa shape index (κ3) is 3.70. The van der Waals surface area contributed by atoms with Crippen LogP contribution in [0.4, 0.5) is 0 Å². The Bertz CT molecular complexity index is 255. The van der Waals surface area contributed by atoms with Crippen LogP contribution in [0.25, 0.3) is 0 Å². The number of hydrogen-bond acceptors (Lipinski definition) is 5. The molecule has 6 heteroatoms. The van der Waals surface area contributed by atoms with Gasteiger partial charge in [0.1, 0.15) is 0 Å². The number of thioether (sulfide) groups is 1. The third-order valence-corrected chi connectivity index (χ3v) is 3.10. The van der Waals surface area contributed by atoms with E-state index in [9.17, 15) is 0 Å². The normalized spacial score (nSPS) is 19.0. The number of aliphatic imine (C=N–C) groups is 1. The minimum Gasteiger partial charge on any atom is -0.395 e. The van der Waals surface area contributed by atoms with Crippen molar-refractivity contribution in [2.24, 2.45) is 4.99 Å². The lowest BCUT2D eigenvalue weighted by atomic mass is 10.3. The molecular weight excluding hydrogens is 212 g/mol. The Kier molecular flexibility index (Phi) is 5.47. The average Bonchev–Trinajstić information content (AvgIpc) is 2.28. The molecule has 15 heavy (non-hydrogen) atoms. The molecule has 0 radical (unpaired) electrons. The standard InChI is InChI=1S/C9H16N4OS/c1-15-9(11-8-10)13-4-2-12(3-5-13)6-7-14/h14H,2-7H2,1H3. The van der Waals surface area contributed by atoms with Gasteiger partial charge in [-0.3, -0.25) is 4.90 Å². The minimum absolute atomic E-state index is 0.210. The molecule has 0 aromatic heterocycles. The van der Waals surface area contributed by atoms with Crippen LogP contribution in [0, 0.1) is 11.5 Å². The number of rotatable bonds is 2. The molecule has 0 aliphatic carbocycles. The first kappa shape index (κ1) is 12.3. The first-order valence-corrected chi connectivity index (χ1v) is 6.13. The van der Waals surface area contributed by atoms with E-state index >= 15 is 0 Å². The monoisotopic (exact) mass is 228 g/mol. The van der Waals surface area contributed by atoms with E-state index < -0.39 is 0 Å². The van der Waals surface area contributed by atoms with Crippen LogP contribution < -0.4 is 0 Å². The predicted molar refractivity (Wildman–Crippen MR) is 61.7 cm³/mol. The first-order chi connectivity index (χ1) is 7.31. The lowest BCUT2D eigenvalue weighted by Gasteiger charge is -2.35. The molecule has 1 aliphatic rings. The lowest BCUT2D eigenvalue weighted by Crippen LogP contribution is -2.48. The maximum Gasteiger partial charge on any atom is 0.208 e. The zero-order valence-electron chi connectivity index (χ0n) is 8.89. The van der Waals surface area contributed by atoms with Gasteiger partial charge in [-0.25, -0.2) is 0 Å². The molecule has 0 atom stereocenters. The van der Waals surface area contributed by atoms with E-state index in [1.807, 2.05) is 12.4 Å². The van der Waals surface area contributed by atoms with Gasteiger partial charge in [0.15, 0.2) is 5.17 Å². The molecule has 0 aromatic rings. The molecule has 1 N–H and O–H groups in total. The van der Waals surface area contributed by atoms with Crippen molar-refractivity contribution in [1.29, 1.82) is 5.26 Å². The van der Waals surface area contributed by atoms with Gasteiger partial charge in [0.2, 0.25) is 6.19 Å². The van der Waals surface area contributed by atoms with Crippen molar-refractivity contribution in [2.45, 2.75) is 0 Å². The van der Waals surface area contributed by atoms with Crippen LogP contribution in [0.1, 0.15) is 0 Å². The highest BCUT2D eigenvalue weighted by Crippen LogP contribution is 2.09. The summed E-state index contributed by atoms with van der Waals surface area (Å²) in [5.41, 5.74) is 0. The number of aliphatic hydroxyl groups is 1. The number of aliphatic hydroxyl groups excluding tert-OH is 1. The second-order valence-electron chi connectivity index (χ2n) is 3.25. The molecule has 84 valence electrons. The Morgan fingerprint density at radius 1 is 1.47 bits per heavy atom. The van der Waals surface area contributed by atoms with Gasteiger partial charge < -0.3 is 10.0 Å². The summed E-state index contributed by atoms with van der Waals surface area (Å²) in [7, 11) is 0. The number of nitrogens with zero attached hydrogens (tertiary/aromatic N) is 4. The molecule has 0 unspecified atom stereocenters. The second kappa shape index (κ2) is 6.67. The summed E-state index contributed by atoms with van der Waals surface area (Å²) >= 11 is 1.50. The molecule has 0 spiro atoms. The van der Waals surface area contributed by atoms with Crippen molar-refractivity contribution < 1.29 is 5.11 Å². The van der Waals surface area contributed by atoms with E-state index in [1.165, 1.54) is 11.8 Å². The Morgan fingerprint density at radius 3 is 2.60 bits per heavy atom. The number of amidine groups is 1. The van der Waals surface area contributed by atoms with E-state index in [4.69, 9.17) is 10.4 Å². The third-order valence-electron chi connectivity index (χ3n) is 2.39. The van der Waals surface area contributed by atoms with Crippen LogP contribution in [0.5, 0.6) is 0 Å². The van der Waals surface area contributed by atoms with Crippen LogP contribution in [-0.2, 0) is 0 Å². The maximum atomic E-state index is 8.80. The Morgan fingerprint density at radius 2 is 2.13 bits per heavy atom. The minimum atomic E-state index is 0.210. The summed E-state index contributed by atoms with van der Waals surface area (Å²) in [4.78, 5) is 8.10. The van der Waals surface area contributed by atoms with E-state index in [2.05, 4.69) is 14.8 Å². The molecular formula is C9H16N4OS. The number of piperazine rings is 1. The molecule has 0 amide bonds. The van der Waals surface area contributed by atoms with Crippen LogP contribution in [0.15, 0.2) is 4.99 Å². The second-order valence-corrected chi connectivity index (χ2v) is 4.02. The van der Waals surface area contributed by atoms with Crippen molar-refractivity contribution in [3.8, 4) is 6.19 Å². The summed E-state index contributed by atoms with van der Waals surface area (Å²) in [6.45, 7) is 4.54. The smallest absolute Gasteiger partial charge is 0.208 e. The molecule has 1 rings (SSSR count). The molecule has 0 saturated carbocycles.